The Morgan fingerprint density at radius 3 is 1.74 bits per heavy atom. The normalized spacial score (nSPS) is 26.6. The number of aliphatic hydroxyl groups excluding tert-OH is 2. The van der Waals surface area contributed by atoms with Crippen molar-refractivity contribution in [2.75, 3.05) is 0 Å². The van der Waals surface area contributed by atoms with E-state index in [0.29, 0.717) is 5.92 Å². The Labute approximate surface area is 257 Å². The average molecular weight is 569 g/mol. The van der Waals surface area contributed by atoms with Crippen LogP contribution in [0.5, 0.6) is 0 Å². The summed E-state index contributed by atoms with van der Waals surface area (Å²) in [5.41, 5.74) is 8.73. The molecular weight excluding hydrogens is 512 g/mol. The quantitative estimate of drug-likeness (QED) is 0.203. The van der Waals surface area contributed by atoms with Gasteiger partial charge in [-0.15, -0.1) is 0 Å². The zero-order chi connectivity index (χ0) is 31.5. The number of aliphatic hydroxyl groups is 2. The molecule has 2 aliphatic rings. The smallest absolute Gasteiger partial charge is 0.0729 e. The third-order valence-corrected chi connectivity index (χ3v) is 8.33. The molecule has 2 aliphatic carbocycles. The van der Waals surface area contributed by atoms with Crippen molar-refractivity contribution in [3.8, 4) is 0 Å². The highest BCUT2D eigenvalue weighted by Crippen LogP contribution is 2.42. The molecule has 0 bridgehead atoms. The van der Waals surface area contributed by atoms with Gasteiger partial charge in [0.25, 0.3) is 0 Å². The van der Waals surface area contributed by atoms with E-state index < -0.39 is 0 Å². The minimum atomic E-state index is -0.331. The average Bonchev–Trinajstić information content (AvgIpc) is 2.84. The molecule has 0 saturated heterocycles. The molecule has 0 amide bonds. The summed E-state index contributed by atoms with van der Waals surface area (Å²) in [5.74, 6) is 0.348. The lowest BCUT2D eigenvalue weighted by Crippen LogP contribution is -2.32. The summed E-state index contributed by atoms with van der Waals surface area (Å²) in [7, 11) is 0. The van der Waals surface area contributed by atoms with Crippen LogP contribution in [0.2, 0.25) is 0 Å². The lowest BCUT2D eigenvalue weighted by molar-refractivity contribution is 0.116. The molecule has 0 heterocycles. The van der Waals surface area contributed by atoms with Crippen molar-refractivity contribution in [2.45, 2.75) is 101 Å². The molecule has 0 aromatic carbocycles. The zero-order valence-electron chi connectivity index (χ0n) is 27.9. The fourth-order valence-electron chi connectivity index (χ4n) is 6.14. The van der Waals surface area contributed by atoms with Crippen molar-refractivity contribution in [1.82, 2.24) is 0 Å². The highest BCUT2D eigenvalue weighted by molar-refractivity contribution is 5.38. The minimum Gasteiger partial charge on any atom is -0.393 e. The largest absolute Gasteiger partial charge is 0.393 e. The van der Waals surface area contributed by atoms with Gasteiger partial charge in [-0.05, 0) is 77.2 Å². The fraction of sp³-hybridized carbons (Fsp3) is 0.450. The number of hydrogen-bond acceptors (Lipinski definition) is 2. The van der Waals surface area contributed by atoms with Crippen molar-refractivity contribution in [2.24, 2.45) is 16.7 Å². The molecule has 228 valence electrons. The fourth-order valence-corrected chi connectivity index (χ4v) is 6.14. The van der Waals surface area contributed by atoms with Crippen molar-refractivity contribution in [1.29, 1.82) is 0 Å². The van der Waals surface area contributed by atoms with Gasteiger partial charge < -0.3 is 10.2 Å². The van der Waals surface area contributed by atoms with Gasteiger partial charge in [0, 0.05) is 5.92 Å². The van der Waals surface area contributed by atoms with E-state index in [1.54, 1.807) is 0 Å². The first-order valence-corrected chi connectivity index (χ1v) is 15.4. The zero-order valence-corrected chi connectivity index (χ0v) is 27.9. The summed E-state index contributed by atoms with van der Waals surface area (Å²) in [5, 5.41) is 20.2. The summed E-state index contributed by atoms with van der Waals surface area (Å²) in [6.07, 6.45) is 33.8. The molecule has 2 nitrogen and oxygen atoms in total. The van der Waals surface area contributed by atoms with E-state index in [-0.39, 0.29) is 23.0 Å². The summed E-state index contributed by atoms with van der Waals surface area (Å²) >= 11 is 0. The Morgan fingerprint density at radius 1 is 0.714 bits per heavy atom. The Morgan fingerprint density at radius 2 is 1.21 bits per heavy atom. The molecule has 0 saturated carbocycles. The SMILES string of the molecule is CC1=C[C@H](O)CC(C)(C)[C@@H]1\C=C/C(C)=C/C=C\C(C)=C\C=C/C=C(C)\C=C/C=C(C)/C=C/C1=C(C)C[C@@H](O)CC1(C)C. The molecule has 0 unspecified atom stereocenters. The van der Waals surface area contributed by atoms with Crippen LogP contribution in [0.15, 0.2) is 130 Å². The third-order valence-electron chi connectivity index (χ3n) is 8.33. The van der Waals surface area contributed by atoms with Gasteiger partial charge in [0.15, 0.2) is 0 Å². The van der Waals surface area contributed by atoms with Crippen molar-refractivity contribution in [3.05, 3.63) is 130 Å². The van der Waals surface area contributed by atoms with Crippen LogP contribution >= 0.6 is 0 Å². The molecule has 0 aromatic rings. The standard InChI is InChI=1S/C40H56O2/c1-29(17-13-19-31(3)21-23-37-33(5)25-35(41)27-39(37,7)8)15-11-12-16-30(2)18-14-20-32(4)22-24-38-34(6)26-36(42)28-40(38,9)10/h11-25,35-37,41-42H,26-28H2,1-10H3/b12-11-,17-13-,18-14-,23-21-,24-22+,29-15+,30-16-,31-19+,32-20+/t35-,36+,37+/m0/s1. The van der Waals surface area contributed by atoms with Gasteiger partial charge in [0.05, 0.1) is 12.2 Å². The molecule has 2 heteroatoms. The molecule has 0 aliphatic heterocycles. The van der Waals surface area contributed by atoms with Crippen LogP contribution in [-0.4, -0.2) is 22.4 Å². The van der Waals surface area contributed by atoms with Crippen LogP contribution in [0.4, 0.5) is 0 Å². The van der Waals surface area contributed by atoms with Gasteiger partial charge in [0.1, 0.15) is 0 Å². The maximum absolute atomic E-state index is 10.1. The Hall–Kier alpha value is -2.94. The summed E-state index contributed by atoms with van der Waals surface area (Å²) in [6, 6.07) is 0. The molecule has 2 N–H and O–H groups in total. The van der Waals surface area contributed by atoms with Gasteiger partial charge in [-0.1, -0.05) is 152 Å². The second-order valence-electron chi connectivity index (χ2n) is 13.7. The third kappa shape index (κ3) is 11.7. The van der Waals surface area contributed by atoms with Crippen LogP contribution in [-0.2, 0) is 0 Å². The number of rotatable bonds is 10. The second kappa shape index (κ2) is 16.1. The van der Waals surface area contributed by atoms with E-state index in [1.165, 1.54) is 39.0 Å². The minimum absolute atomic E-state index is 0.00528. The first-order chi connectivity index (χ1) is 19.6. The highest BCUT2D eigenvalue weighted by Gasteiger charge is 2.34. The molecule has 42 heavy (non-hydrogen) atoms. The number of allylic oxidation sites excluding steroid dienone is 20. The van der Waals surface area contributed by atoms with Gasteiger partial charge in [-0.3, -0.25) is 0 Å². The molecule has 3 atom stereocenters. The molecule has 2 rings (SSSR count). The second-order valence-corrected chi connectivity index (χ2v) is 13.7. The number of hydrogen-bond donors (Lipinski definition) is 2. The van der Waals surface area contributed by atoms with Crippen LogP contribution in [0, 0.1) is 16.7 Å². The lowest BCUT2D eigenvalue weighted by atomic mass is 9.67. The van der Waals surface area contributed by atoms with Gasteiger partial charge in [0.2, 0.25) is 0 Å². The van der Waals surface area contributed by atoms with E-state index >= 15 is 0 Å². The van der Waals surface area contributed by atoms with Crippen molar-refractivity contribution < 1.29 is 10.2 Å². The van der Waals surface area contributed by atoms with Crippen molar-refractivity contribution in [3.63, 3.8) is 0 Å². The monoisotopic (exact) mass is 568 g/mol. The Bertz CT molecular complexity index is 1270. The van der Waals surface area contributed by atoms with Crippen molar-refractivity contribution >= 4 is 0 Å². The molecular formula is C40H56O2. The van der Waals surface area contributed by atoms with Crippen LogP contribution in [0.1, 0.15) is 88.5 Å². The lowest BCUT2D eigenvalue weighted by Gasteiger charge is -2.38. The van der Waals surface area contributed by atoms with Gasteiger partial charge in [-0.2, -0.15) is 0 Å². The summed E-state index contributed by atoms with van der Waals surface area (Å²) < 4.78 is 0. The first-order valence-electron chi connectivity index (χ1n) is 15.4. The maximum atomic E-state index is 10.1. The topological polar surface area (TPSA) is 40.5 Å². The molecule has 0 fully saturated rings. The Kier molecular flexibility index (Phi) is 13.5. The van der Waals surface area contributed by atoms with Crippen LogP contribution in [0.25, 0.3) is 0 Å². The summed E-state index contributed by atoms with van der Waals surface area (Å²) in [6.45, 7) is 21.6. The van der Waals surface area contributed by atoms with E-state index in [9.17, 15) is 10.2 Å². The van der Waals surface area contributed by atoms with E-state index in [1.807, 2.05) is 6.08 Å². The van der Waals surface area contributed by atoms with Crippen LogP contribution < -0.4 is 0 Å². The highest BCUT2D eigenvalue weighted by atomic mass is 16.3. The Balaban J connectivity index is 1.90. The predicted octanol–water partition coefficient (Wildman–Crippen LogP) is 10.4. The first kappa shape index (κ1) is 35.3. The van der Waals surface area contributed by atoms with E-state index in [0.717, 1.165) is 19.3 Å². The van der Waals surface area contributed by atoms with Crippen LogP contribution in [0.3, 0.4) is 0 Å². The van der Waals surface area contributed by atoms with Gasteiger partial charge >= 0.3 is 0 Å². The maximum Gasteiger partial charge on any atom is 0.0729 e. The van der Waals surface area contributed by atoms with E-state index in [4.69, 9.17) is 0 Å². The molecule has 0 spiro atoms. The molecule has 0 aromatic heterocycles. The van der Waals surface area contributed by atoms with Gasteiger partial charge in [-0.25, -0.2) is 0 Å². The van der Waals surface area contributed by atoms with E-state index in [2.05, 4.69) is 154 Å². The summed E-state index contributed by atoms with van der Waals surface area (Å²) in [4.78, 5) is 0. The predicted molar refractivity (Wildman–Crippen MR) is 184 cm³/mol. The molecule has 0 radical (unpaired) electrons.